The van der Waals surface area contributed by atoms with E-state index in [2.05, 4.69) is 10.6 Å². The quantitative estimate of drug-likeness (QED) is 0.799. The summed E-state index contributed by atoms with van der Waals surface area (Å²) < 4.78 is 0. The summed E-state index contributed by atoms with van der Waals surface area (Å²) in [5.41, 5.74) is 0.868. The number of hydrogen-bond donors (Lipinski definition) is 2. The number of halogens is 3. The molecule has 0 spiro atoms. The molecule has 17 heavy (non-hydrogen) atoms. The van der Waals surface area contributed by atoms with Gasteiger partial charge in [0.2, 0.25) is 0 Å². The molecule has 2 rings (SSSR count). The summed E-state index contributed by atoms with van der Waals surface area (Å²) >= 11 is 18.0. The lowest BCUT2D eigenvalue weighted by molar-refractivity contribution is 0.637. The molecule has 1 aliphatic heterocycles. The first kappa shape index (κ1) is 13.3. The van der Waals surface area contributed by atoms with Crippen LogP contribution in [0.25, 0.3) is 0 Å². The van der Waals surface area contributed by atoms with E-state index >= 15 is 0 Å². The summed E-state index contributed by atoms with van der Waals surface area (Å²) in [5, 5.41) is 8.47. The molecule has 2 N–H and O–H groups in total. The maximum absolute atomic E-state index is 6.14. The van der Waals surface area contributed by atoms with Crippen LogP contribution in [-0.2, 0) is 0 Å². The minimum Gasteiger partial charge on any atom is -0.381 e. The third-order valence-corrected chi connectivity index (χ3v) is 3.98. The van der Waals surface area contributed by atoms with Gasteiger partial charge in [0.05, 0.1) is 20.8 Å². The van der Waals surface area contributed by atoms with E-state index in [1.165, 1.54) is 6.42 Å². The number of anilines is 1. The molecule has 1 saturated heterocycles. The van der Waals surface area contributed by atoms with Gasteiger partial charge in [0.1, 0.15) is 0 Å². The van der Waals surface area contributed by atoms with Crippen molar-refractivity contribution >= 4 is 40.5 Å². The van der Waals surface area contributed by atoms with Gasteiger partial charge in [-0.2, -0.15) is 0 Å². The molecular formula is C12H15Cl3N2. The minimum atomic E-state index is 0.444. The Morgan fingerprint density at radius 1 is 1.00 bits per heavy atom. The fourth-order valence-corrected chi connectivity index (χ4v) is 2.62. The Bertz CT molecular complexity index is 388. The van der Waals surface area contributed by atoms with Crippen LogP contribution in [0.2, 0.25) is 15.1 Å². The lowest BCUT2D eigenvalue weighted by Gasteiger charge is -2.18. The van der Waals surface area contributed by atoms with Crippen molar-refractivity contribution in [2.45, 2.75) is 25.3 Å². The van der Waals surface area contributed by atoms with Crippen molar-refractivity contribution in [1.29, 1.82) is 0 Å². The second-order valence-electron chi connectivity index (χ2n) is 4.27. The Kier molecular flexibility index (Phi) is 4.80. The topological polar surface area (TPSA) is 24.1 Å². The lowest BCUT2D eigenvalue weighted by Crippen LogP contribution is -2.21. The molecule has 0 aliphatic carbocycles. The van der Waals surface area contributed by atoms with Crippen LogP contribution in [0.5, 0.6) is 0 Å². The molecule has 5 heteroatoms. The Morgan fingerprint density at radius 3 is 2.59 bits per heavy atom. The largest absolute Gasteiger partial charge is 0.381 e. The average molecular weight is 294 g/mol. The molecule has 0 saturated carbocycles. The van der Waals surface area contributed by atoms with Crippen molar-refractivity contribution < 1.29 is 0 Å². The number of rotatable bonds is 2. The van der Waals surface area contributed by atoms with Gasteiger partial charge in [-0.25, -0.2) is 0 Å². The molecule has 1 unspecified atom stereocenters. The molecule has 1 atom stereocenters. The smallest absolute Gasteiger partial charge is 0.0653 e. The summed E-state index contributed by atoms with van der Waals surface area (Å²) in [4.78, 5) is 0. The summed E-state index contributed by atoms with van der Waals surface area (Å²) in [5.74, 6) is 0. The standard InChI is InChI=1S/C12H15Cl3N2/c13-9-6-11(15)12(7-10(9)14)17-8-2-1-4-16-5-3-8/h6-8,16-17H,1-5H2. The molecule has 0 bridgehead atoms. The van der Waals surface area contributed by atoms with Gasteiger partial charge in [0.25, 0.3) is 0 Å². The first-order valence-corrected chi connectivity index (χ1v) is 6.92. The van der Waals surface area contributed by atoms with Crippen molar-refractivity contribution in [3.8, 4) is 0 Å². The van der Waals surface area contributed by atoms with Crippen LogP contribution in [0.3, 0.4) is 0 Å². The minimum absolute atomic E-state index is 0.444. The normalized spacial score (nSPS) is 21.0. The number of hydrogen-bond acceptors (Lipinski definition) is 2. The Balaban J connectivity index is 2.09. The van der Waals surface area contributed by atoms with Crippen LogP contribution < -0.4 is 10.6 Å². The molecule has 1 aliphatic rings. The molecule has 1 aromatic rings. The van der Waals surface area contributed by atoms with E-state index < -0.39 is 0 Å². The van der Waals surface area contributed by atoms with Crippen LogP contribution in [0.15, 0.2) is 12.1 Å². The maximum Gasteiger partial charge on any atom is 0.0653 e. The molecule has 1 aromatic carbocycles. The van der Waals surface area contributed by atoms with E-state index in [4.69, 9.17) is 34.8 Å². The van der Waals surface area contributed by atoms with Crippen LogP contribution in [0, 0.1) is 0 Å². The van der Waals surface area contributed by atoms with Gasteiger partial charge in [-0.1, -0.05) is 34.8 Å². The summed E-state index contributed by atoms with van der Waals surface area (Å²) in [7, 11) is 0. The van der Waals surface area contributed by atoms with Gasteiger partial charge < -0.3 is 10.6 Å². The molecule has 2 nitrogen and oxygen atoms in total. The van der Waals surface area contributed by atoms with E-state index in [0.29, 0.717) is 21.1 Å². The Hall–Kier alpha value is -0.150. The highest BCUT2D eigenvalue weighted by molar-refractivity contribution is 6.44. The predicted octanol–water partition coefficient (Wildman–Crippen LogP) is 4.20. The lowest BCUT2D eigenvalue weighted by atomic mass is 10.1. The molecular weight excluding hydrogens is 279 g/mol. The molecule has 0 radical (unpaired) electrons. The SMILES string of the molecule is Clc1cc(Cl)c(NC2CCCNCC2)cc1Cl. The van der Waals surface area contributed by atoms with Gasteiger partial charge in [-0.15, -0.1) is 0 Å². The van der Waals surface area contributed by atoms with Crippen LogP contribution >= 0.6 is 34.8 Å². The van der Waals surface area contributed by atoms with Crippen LogP contribution in [-0.4, -0.2) is 19.1 Å². The van der Waals surface area contributed by atoms with Crippen molar-refractivity contribution in [3.63, 3.8) is 0 Å². The van der Waals surface area contributed by atoms with Crippen LogP contribution in [0.4, 0.5) is 5.69 Å². The highest BCUT2D eigenvalue weighted by atomic mass is 35.5. The van der Waals surface area contributed by atoms with Crippen molar-refractivity contribution in [3.05, 3.63) is 27.2 Å². The zero-order chi connectivity index (χ0) is 12.3. The molecule has 1 fully saturated rings. The third kappa shape index (κ3) is 3.65. The monoisotopic (exact) mass is 292 g/mol. The van der Waals surface area contributed by atoms with Gasteiger partial charge >= 0.3 is 0 Å². The van der Waals surface area contributed by atoms with Crippen LogP contribution in [0.1, 0.15) is 19.3 Å². The molecule has 94 valence electrons. The highest BCUT2D eigenvalue weighted by Crippen LogP contribution is 2.33. The van der Waals surface area contributed by atoms with E-state index in [-0.39, 0.29) is 0 Å². The molecule has 1 heterocycles. The van der Waals surface area contributed by atoms with Crippen molar-refractivity contribution in [2.75, 3.05) is 18.4 Å². The second-order valence-corrected chi connectivity index (χ2v) is 5.49. The second kappa shape index (κ2) is 6.14. The summed E-state index contributed by atoms with van der Waals surface area (Å²) in [6.07, 6.45) is 3.41. The highest BCUT2D eigenvalue weighted by Gasteiger charge is 2.14. The number of benzene rings is 1. The van der Waals surface area contributed by atoms with E-state index in [9.17, 15) is 0 Å². The Morgan fingerprint density at radius 2 is 1.76 bits per heavy atom. The third-order valence-electron chi connectivity index (χ3n) is 2.95. The summed E-state index contributed by atoms with van der Waals surface area (Å²) in [6, 6.07) is 3.92. The maximum atomic E-state index is 6.14. The predicted molar refractivity (Wildman–Crippen MR) is 75.6 cm³/mol. The van der Waals surface area contributed by atoms with E-state index in [0.717, 1.165) is 31.6 Å². The van der Waals surface area contributed by atoms with Crippen molar-refractivity contribution in [2.24, 2.45) is 0 Å². The van der Waals surface area contributed by atoms with Gasteiger partial charge in [0.15, 0.2) is 0 Å². The van der Waals surface area contributed by atoms with Crippen molar-refractivity contribution in [1.82, 2.24) is 5.32 Å². The fourth-order valence-electron chi connectivity index (χ4n) is 2.02. The first-order valence-electron chi connectivity index (χ1n) is 5.78. The first-order chi connectivity index (χ1) is 8.16. The number of nitrogens with one attached hydrogen (secondary N) is 2. The zero-order valence-electron chi connectivity index (χ0n) is 9.40. The molecule has 0 amide bonds. The molecule has 0 aromatic heterocycles. The Labute approximate surface area is 117 Å². The van der Waals surface area contributed by atoms with E-state index in [1.807, 2.05) is 0 Å². The average Bonchev–Trinajstić information content (AvgIpc) is 2.54. The zero-order valence-corrected chi connectivity index (χ0v) is 11.7. The van der Waals surface area contributed by atoms with Gasteiger partial charge in [-0.3, -0.25) is 0 Å². The van der Waals surface area contributed by atoms with Gasteiger partial charge in [0, 0.05) is 6.04 Å². The van der Waals surface area contributed by atoms with E-state index in [1.54, 1.807) is 12.1 Å². The fraction of sp³-hybridized carbons (Fsp3) is 0.500. The van der Waals surface area contributed by atoms with Gasteiger partial charge in [-0.05, 0) is 44.5 Å². The summed E-state index contributed by atoms with van der Waals surface area (Å²) in [6.45, 7) is 2.13.